The summed E-state index contributed by atoms with van der Waals surface area (Å²) in [5.41, 5.74) is 7.85. The van der Waals surface area contributed by atoms with Gasteiger partial charge in [-0.1, -0.05) is 20.8 Å². The van der Waals surface area contributed by atoms with E-state index in [0.29, 0.717) is 67.3 Å². The minimum atomic E-state index is -0.810. The Labute approximate surface area is 237 Å². The first kappa shape index (κ1) is 27.8. The summed E-state index contributed by atoms with van der Waals surface area (Å²) >= 11 is 0. The van der Waals surface area contributed by atoms with Gasteiger partial charge in [-0.25, -0.2) is 14.5 Å². The number of fused-ring (bicyclic) bond motifs is 1. The normalized spacial score (nSPS) is 20.2. The van der Waals surface area contributed by atoms with Crippen LogP contribution < -0.4 is 20.9 Å². The maximum Gasteiger partial charge on any atom is 0.306 e. The van der Waals surface area contributed by atoms with Gasteiger partial charge < -0.3 is 25.6 Å². The lowest BCUT2D eigenvalue weighted by molar-refractivity contribution is -0.153. The van der Waals surface area contributed by atoms with Crippen molar-refractivity contribution < 1.29 is 19.1 Å². The molecule has 0 radical (unpaired) electrons. The minimum Gasteiger partial charge on any atom is -0.452 e. The lowest BCUT2D eigenvalue weighted by Crippen LogP contribution is -2.52. The number of hydrogen-bond donors (Lipinski definition) is 2. The van der Waals surface area contributed by atoms with Crippen molar-refractivity contribution in [3.63, 3.8) is 0 Å². The van der Waals surface area contributed by atoms with Crippen molar-refractivity contribution in [3.05, 3.63) is 42.0 Å². The average molecular weight is 560 g/mol. The number of amides is 2. The average Bonchev–Trinajstić information content (AvgIpc) is 3.53. The second-order valence-electron chi connectivity index (χ2n) is 11.1. The zero-order valence-corrected chi connectivity index (χ0v) is 23.3. The number of primary amides is 1. The van der Waals surface area contributed by atoms with Crippen molar-refractivity contribution >= 4 is 40.6 Å². The van der Waals surface area contributed by atoms with Gasteiger partial charge in [-0.3, -0.25) is 14.4 Å². The summed E-state index contributed by atoms with van der Waals surface area (Å²) in [7, 11) is 0. The topological polar surface area (TPSA) is 172 Å². The largest absolute Gasteiger partial charge is 0.452 e. The highest BCUT2D eigenvalue weighted by atomic mass is 16.5. The number of nitrogens with two attached hydrogens (primary N) is 1. The molecule has 13 heteroatoms. The summed E-state index contributed by atoms with van der Waals surface area (Å²) in [5, 5.41) is 17.0. The summed E-state index contributed by atoms with van der Waals surface area (Å²) in [5.74, 6) is -0.724. The number of piperidine rings is 1. The van der Waals surface area contributed by atoms with Crippen molar-refractivity contribution in [2.24, 2.45) is 11.1 Å². The van der Waals surface area contributed by atoms with Gasteiger partial charge in [0.05, 0.1) is 52.8 Å². The van der Waals surface area contributed by atoms with Crippen LogP contribution in [0.15, 0.2) is 30.9 Å². The zero-order chi connectivity index (χ0) is 29.3. The van der Waals surface area contributed by atoms with E-state index in [1.54, 1.807) is 21.7 Å². The van der Waals surface area contributed by atoms with E-state index in [0.717, 1.165) is 0 Å². The number of anilines is 3. The maximum atomic E-state index is 13.1. The van der Waals surface area contributed by atoms with Crippen molar-refractivity contribution in [1.29, 1.82) is 5.26 Å². The highest BCUT2D eigenvalue weighted by Gasteiger charge is 2.39. The molecule has 0 bridgehead atoms. The Bertz CT molecular complexity index is 1530. The van der Waals surface area contributed by atoms with E-state index in [4.69, 9.17) is 15.7 Å². The van der Waals surface area contributed by atoms with Crippen LogP contribution in [0.2, 0.25) is 0 Å². The quantitative estimate of drug-likeness (QED) is 0.390. The number of carbonyl (C=O) groups excluding carboxylic acids is 3. The van der Waals surface area contributed by atoms with Crippen LogP contribution in [0.25, 0.3) is 5.52 Å². The standard InChI is InChI=1S/C28H33N9O4/c1-4-5-23(38)41-21-6-9-36(26(21)40)18-10-20-24(19(25(30)39)14-33-37(20)15-18)34-22-7-8-35(16-28(22,2)3)27-31-12-17(11-29)13-32-27/h10,12-15,21-22,34H,4-9,16H2,1-3H3,(H2,30,39)/t21-,22+/m0/s1. The second-order valence-corrected chi connectivity index (χ2v) is 11.1. The summed E-state index contributed by atoms with van der Waals surface area (Å²) in [6, 6.07) is 3.78. The van der Waals surface area contributed by atoms with E-state index < -0.39 is 12.0 Å². The fraction of sp³-hybridized carbons (Fsp3) is 0.464. The molecule has 13 nitrogen and oxygen atoms in total. The molecule has 0 unspecified atom stereocenters. The molecule has 0 spiro atoms. The van der Waals surface area contributed by atoms with Crippen molar-refractivity contribution in [2.75, 3.05) is 34.8 Å². The molecule has 5 rings (SSSR count). The fourth-order valence-corrected chi connectivity index (χ4v) is 5.48. The number of rotatable bonds is 8. The predicted octanol–water partition coefficient (Wildman–Crippen LogP) is 2.26. The van der Waals surface area contributed by atoms with Crippen molar-refractivity contribution in [1.82, 2.24) is 19.6 Å². The van der Waals surface area contributed by atoms with Gasteiger partial charge in [0.1, 0.15) is 6.07 Å². The molecule has 2 amide bonds. The molecule has 2 atom stereocenters. The summed E-state index contributed by atoms with van der Waals surface area (Å²) < 4.78 is 7.00. The molecule has 0 aliphatic carbocycles. The molecule has 0 aromatic carbocycles. The molecule has 3 aromatic rings. The van der Waals surface area contributed by atoms with Crippen molar-refractivity contribution in [3.8, 4) is 6.07 Å². The van der Waals surface area contributed by atoms with Gasteiger partial charge >= 0.3 is 5.97 Å². The zero-order valence-electron chi connectivity index (χ0n) is 23.3. The Kier molecular flexibility index (Phi) is 7.49. The maximum absolute atomic E-state index is 13.1. The summed E-state index contributed by atoms with van der Waals surface area (Å²) in [4.78, 5) is 49.8. The van der Waals surface area contributed by atoms with E-state index >= 15 is 0 Å². The van der Waals surface area contributed by atoms with Gasteiger partial charge in [-0.2, -0.15) is 10.4 Å². The predicted molar refractivity (Wildman–Crippen MR) is 150 cm³/mol. The van der Waals surface area contributed by atoms with Crippen LogP contribution in [-0.4, -0.2) is 69.1 Å². The van der Waals surface area contributed by atoms with Gasteiger partial charge in [0, 0.05) is 43.9 Å². The molecule has 2 aliphatic rings. The first-order valence-electron chi connectivity index (χ1n) is 13.7. The monoisotopic (exact) mass is 559 g/mol. The first-order valence-corrected chi connectivity index (χ1v) is 13.7. The number of carbonyl (C=O) groups is 3. The van der Waals surface area contributed by atoms with E-state index in [2.05, 4.69) is 39.1 Å². The highest BCUT2D eigenvalue weighted by Crippen LogP contribution is 2.36. The first-order chi connectivity index (χ1) is 19.6. The number of aromatic nitrogens is 4. The Morgan fingerprint density at radius 1 is 1.22 bits per heavy atom. The number of nitrogens with zero attached hydrogens (tertiary/aromatic N) is 7. The number of ether oxygens (including phenoxy) is 1. The molecule has 3 N–H and O–H groups in total. The Balaban J connectivity index is 1.39. The number of hydrogen-bond acceptors (Lipinski definition) is 10. The van der Waals surface area contributed by atoms with Crippen LogP contribution in [0.5, 0.6) is 0 Å². The molecular weight excluding hydrogens is 526 g/mol. The lowest BCUT2D eigenvalue weighted by Gasteiger charge is -2.45. The van der Waals surface area contributed by atoms with Crippen LogP contribution >= 0.6 is 0 Å². The third-order valence-corrected chi connectivity index (χ3v) is 7.68. The Hall–Kier alpha value is -4.73. The third-order valence-electron chi connectivity index (χ3n) is 7.68. The van der Waals surface area contributed by atoms with E-state index in [1.165, 1.54) is 18.6 Å². The molecule has 2 aliphatic heterocycles. The lowest BCUT2D eigenvalue weighted by atomic mass is 9.79. The van der Waals surface area contributed by atoms with Gasteiger partial charge in [0.25, 0.3) is 11.8 Å². The van der Waals surface area contributed by atoms with Crippen LogP contribution in [-0.2, 0) is 14.3 Å². The Morgan fingerprint density at radius 3 is 2.63 bits per heavy atom. The van der Waals surface area contributed by atoms with Gasteiger partial charge in [0.2, 0.25) is 5.95 Å². The molecule has 2 saturated heterocycles. The van der Waals surface area contributed by atoms with Crippen LogP contribution in [0.1, 0.15) is 62.4 Å². The van der Waals surface area contributed by atoms with E-state index in [1.807, 2.05) is 13.0 Å². The molecular formula is C28H33N9O4. The van der Waals surface area contributed by atoms with Crippen LogP contribution in [0.3, 0.4) is 0 Å². The summed E-state index contributed by atoms with van der Waals surface area (Å²) in [6.07, 6.45) is 7.40. The van der Waals surface area contributed by atoms with Crippen LogP contribution in [0, 0.1) is 16.7 Å². The third kappa shape index (κ3) is 5.50. The molecule has 0 saturated carbocycles. The van der Waals surface area contributed by atoms with Crippen molar-refractivity contribution in [2.45, 2.75) is 58.6 Å². The summed E-state index contributed by atoms with van der Waals surface area (Å²) in [6.45, 7) is 7.81. The minimum absolute atomic E-state index is 0.0458. The number of nitrogens with one attached hydrogen (secondary N) is 1. The number of esters is 1. The molecule has 5 heterocycles. The molecule has 2 fully saturated rings. The molecule has 3 aromatic heterocycles. The van der Waals surface area contributed by atoms with E-state index in [9.17, 15) is 14.4 Å². The second kappa shape index (κ2) is 11.0. The smallest absolute Gasteiger partial charge is 0.306 e. The van der Waals surface area contributed by atoms with Gasteiger partial charge in [-0.15, -0.1) is 0 Å². The van der Waals surface area contributed by atoms with Crippen LogP contribution in [0.4, 0.5) is 17.3 Å². The molecule has 214 valence electrons. The fourth-order valence-electron chi connectivity index (χ4n) is 5.48. The molecule has 41 heavy (non-hydrogen) atoms. The highest BCUT2D eigenvalue weighted by molar-refractivity contribution is 6.04. The van der Waals surface area contributed by atoms with E-state index in [-0.39, 0.29) is 35.3 Å². The van der Waals surface area contributed by atoms with Gasteiger partial charge in [0.15, 0.2) is 6.10 Å². The Morgan fingerprint density at radius 2 is 1.98 bits per heavy atom. The SMILES string of the molecule is CCCC(=O)O[C@H]1CCN(c2cc3c(N[C@@H]4CCN(c5ncc(C#N)cn5)CC4(C)C)c(C(N)=O)cnn3c2)C1=O. The number of nitriles is 1. The van der Waals surface area contributed by atoms with Gasteiger partial charge in [-0.05, 0) is 18.9 Å².